The molecule has 0 N–H and O–H groups in total. The molecule has 1 heterocycles. The highest BCUT2D eigenvalue weighted by Gasteiger charge is 2.62. The lowest BCUT2D eigenvalue weighted by Crippen LogP contribution is -2.33. The zero-order valence-electron chi connectivity index (χ0n) is 17.2. The summed E-state index contributed by atoms with van der Waals surface area (Å²) in [5.41, 5.74) is 5.00. The van der Waals surface area contributed by atoms with Gasteiger partial charge in [-0.3, -0.25) is 9.59 Å². The molecule has 0 spiro atoms. The van der Waals surface area contributed by atoms with Crippen molar-refractivity contribution in [2.75, 3.05) is 4.90 Å². The molecule has 4 heteroatoms. The molecule has 32 heavy (non-hydrogen) atoms. The molecule has 156 valence electrons. The molecule has 2 fully saturated rings. The lowest BCUT2D eigenvalue weighted by atomic mass is 9.85. The molecule has 0 aromatic heterocycles. The number of amides is 2. The second kappa shape index (κ2) is 7.32. The van der Waals surface area contributed by atoms with Crippen LogP contribution in [0.1, 0.15) is 11.1 Å². The molecule has 4 atom stereocenters. The summed E-state index contributed by atoms with van der Waals surface area (Å²) in [5.74, 6) is -1.25. The number of anilines is 1. The number of allylic oxidation sites excluding steroid dienone is 3. The minimum Gasteiger partial charge on any atom is -0.274 e. The minimum atomic E-state index is -0.383. The first-order valence-electron chi connectivity index (χ1n) is 10.8. The Hall–Kier alpha value is -3.43. The van der Waals surface area contributed by atoms with E-state index in [2.05, 4.69) is 36.4 Å². The van der Waals surface area contributed by atoms with Gasteiger partial charge in [-0.1, -0.05) is 96.5 Å². The molecule has 3 aliphatic rings. The molecular formula is C28H20ClNO2. The Balaban J connectivity index is 1.50. The molecule has 1 aliphatic heterocycles. The molecule has 3 aromatic carbocycles. The van der Waals surface area contributed by atoms with Crippen molar-refractivity contribution < 1.29 is 9.59 Å². The van der Waals surface area contributed by atoms with Gasteiger partial charge in [-0.25, -0.2) is 4.90 Å². The third kappa shape index (κ3) is 2.68. The van der Waals surface area contributed by atoms with Crippen molar-refractivity contribution in [1.29, 1.82) is 0 Å². The first-order valence-corrected chi connectivity index (χ1v) is 11.2. The number of carbonyl (C=O) groups excluding carboxylic acids is 2. The summed E-state index contributed by atoms with van der Waals surface area (Å²) >= 11 is 6.35. The highest BCUT2D eigenvalue weighted by Crippen LogP contribution is 2.59. The number of hydrogen-bond acceptors (Lipinski definition) is 2. The van der Waals surface area contributed by atoms with Crippen LogP contribution in [0.5, 0.6) is 0 Å². The van der Waals surface area contributed by atoms with Gasteiger partial charge in [0.1, 0.15) is 0 Å². The van der Waals surface area contributed by atoms with Gasteiger partial charge in [-0.05, 0) is 34.4 Å². The highest BCUT2D eigenvalue weighted by atomic mass is 35.5. The summed E-state index contributed by atoms with van der Waals surface area (Å²) < 4.78 is 0. The van der Waals surface area contributed by atoms with E-state index in [0.717, 1.165) is 16.7 Å². The van der Waals surface area contributed by atoms with Crippen molar-refractivity contribution in [1.82, 2.24) is 0 Å². The number of para-hydroxylation sites is 1. The average molecular weight is 438 g/mol. The molecule has 0 unspecified atom stereocenters. The zero-order valence-corrected chi connectivity index (χ0v) is 17.9. The summed E-state index contributed by atoms with van der Waals surface area (Å²) in [4.78, 5) is 28.5. The predicted molar refractivity (Wildman–Crippen MR) is 126 cm³/mol. The molecule has 3 nitrogen and oxygen atoms in total. The number of nitrogens with zero attached hydrogens (tertiary/aromatic N) is 1. The largest absolute Gasteiger partial charge is 0.274 e. The van der Waals surface area contributed by atoms with Gasteiger partial charge in [-0.15, -0.1) is 0 Å². The van der Waals surface area contributed by atoms with E-state index in [1.807, 2.05) is 36.4 Å². The molecule has 3 aromatic rings. The molecule has 2 aliphatic carbocycles. The summed E-state index contributed by atoms with van der Waals surface area (Å²) in [6.45, 7) is 0. The number of benzene rings is 3. The Morgan fingerprint density at radius 3 is 1.62 bits per heavy atom. The highest BCUT2D eigenvalue weighted by molar-refractivity contribution is 6.36. The summed E-state index contributed by atoms with van der Waals surface area (Å²) in [6.07, 6.45) is 4.24. The van der Waals surface area contributed by atoms with E-state index in [9.17, 15) is 9.59 Å². The fourth-order valence-corrected chi connectivity index (χ4v) is 5.90. The van der Waals surface area contributed by atoms with E-state index in [1.165, 1.54) is 10.5 Å². The Kier molecular flexibility index (Phi) is 4.41. The molecule has 6 rings (SSSR count). The second-order valence-electron chi connectivity index (χ2n) is 8.51. The van der Waals surface area contributed by atoms with Crippen LogP contribution >= 0.6 is 11.6 Å². The van der Waals surface area contributed by atoms with Crippen LogP contribution in [0.4, 0.5) is 5.69 Å². The van der Waals surface area contributed by atoms with E-state index >= 15 is 0 Å². The number of hydrogen-bond donors (Lipinski definition) is 0. The van der Waals surface area contributed by atoms with Gasteiger partial charge >= 0.3 is 0 Å². The van der Waals surface area contributed by atoms with Crippen LogP contribution < -0.4 is 4.90 Å². The van der Waals surface area contributed by atoms with Crippen molar-refractivity contribution in [2.45, 2.75) is 0 Å². The quantitative estimate of drug-likeness (QED) is 0.385. The number of imide groups is 1. The number of carbonyl (C=O) groups is 2. The Morgan fingerprint density at radius 2 is 1.12 bits per heavy atom. The van der Waals surface area contributed by atoms with E-state index < -0.39 is 0 Å². The zero-order chi connectivity index (χ0) is 21.8. The molecule has 2 bridgehead atoms. The summed E-state index contributed by atoms with van der Waals surface area (Å²) in [5, 5.41) is 0.416. The van der Waals surface area contributed by atoms with E-state index in [1.54, 1.807) is 24.3 Å². The average Bonchev–Trinajstić information content (AvgIpc) is 3.46. The van der Waals surface area contributed by atoms with E-state index in [-0.39, 0.29) is 35.5 Å². The SMILES string of the molecule is O=C1[C@H]2[C@H](C(=O)N1c1ccccc1Cl)[C@@H]1C=C[C@@H]2C1=C(c1ccccc1)c1ccccc1. The van der Waals surface area contributed by atoms with Gasteiger partial charge in [-0.2, -0.15) is 0 Å². The number of fused-ring (bicyclic) bond motifs is 5. The maximum Gasteiger partial charge on any atom is 0.238 e. The van der Waals surface area contributed by atoms with Crippen LogP contribution in [0.15, 0.2) is 103 Å². The third-order valence-corrected chi connectivity index (χ3v) is 7.24. The maximum absolute atomic E-state index is 13.6. The molecular weight excluding hydrogens is 418 g/mol. The maximum atomic E-state index is 13.6. The Labute approximate surface area is 191 Å². The first-order chi connectivity index (χ1) is 15.7. The van der Waals surface area contributed by atoms with Gasteiger partial charge in [0.25, 0.3) is 0 Å². The van der Waals surface area contributed by atoms with Crippen molar-refractivity contribution in [2.24, 2.45) is 23.7 Å². The number of rotatable bonds is 3. The van der Waals surface area contributed by atoms with Gasteiger partial charge in [0.15, 0.2) is 0 Å². The smallest absolute Gasteiger partial charge is 0.238 e. The van der Waals surface area contributed by atoms with Gasteiger partial charge < -0.3 is 0 Å². The first kappa shape index (κ1) is 19.3. The van der Waals surface area contributed by atoms with Crippen LogP contribution in [0, 0.1) is 23.7 Å². The predicted octanol–water partition coefficient (Wildman–Crippen LogP) is 5.76. The van der Waals surface area contributed by atoms with E-state index in [4.69, 9.17) is 11.6 Å². The molecule has 0 radical (unpaired) electrons. The lowest BCUT2D eigenvalue weighted by Gasteiger charge is -2.22. The minimum absolute atomic E-state index is 0.0932. The Bertz CT molecular complexity index is 1220. The normalized spacial score (nSPS) is 25.5. The fraction of sp³-hybridized carbons (Fsp3) is 0.143. The number of halogens is 1. The molecule has 1 saturated heterocycles. The van der Waals surface area contributed by atoms with Gasteiger partial charge in [0.05, 0.1) is 22.5 Å². The van der Waals surface area contributed by atoms with Crippen molar-refractivity contribution in [3.63, 3.8) is 0 Å². The van der Waals surface area contributed by atoms with Crippen LogP contribution in [0.25, 0.3) is 5.57 Å². The van der Waals surface area contributed by atoms with Crippen LogP contribution in [-0.2, 0) is 9.59 Å². The van der Waals surface area contributed by atoms with Crippen LogP contribution in [0.3, 0.4) is 0 Å². The van der Waals surface area contributed by atoms with Gasteiger partial charge in [0.2, 0.25) is 11.8 Å². The third-order valence-electron chi connectivity index (χ3n) is 6.92. The second-order valence-corrected chi connectivity index (χ2v) is 8.92. The van der Waals surface area contributed by atoms with Crippen LogP contribution in [0.2, 0.25) is 5.02 Å². The lowest BCUT2D eigenvalue weighted by molar-refractivity contribution is -0.122. The van der Waals surface area contributed by atoms with Crippen molar-refractivity contribution >= 4 is 34.7 Å². The van der Waals surface area contributed by atoms with Crippen molar-refractivity contribution in [3.8, 4) is 0 Å². The summed E-state index contributed by atoms with van der Waals surface area (Å²) in [6, 6.07) is 27.6. The van der Waals surface area contributed by atoms with E-state index in [0.29, 0.717) is 10.7 Å². The topological polar surface area (TPSA) is 37.4 Å². The van der Waals surface area contributed by atoms with Gasteiger partial charge in [0, 0.05) is 11.8 Å². The monoisotopic (exact) mass is 437 g/mol. The Morgan fingerprint density at radius 1 is 0.656 bits per heavy atom. The summed E-state index contributed by atoms with van der Waals surface area (Å²) in [7, 11) is 0. The fourth-order valence-electron chi connectivity index (χ4n) is 5.68. The molecule has 1 saturated carbocycles. The molecule has 2 amide bonds. The standard InChI is InChI=1S/C28H20ClNO2/c29-21-13-7-8-14-22(21)30-27(31)25-19-15-16-20(26(25)28(30)32)24(19)23(17-9-3-1-4-10-17)18-11-5-2-6-12-18/h1-16,19-20,25-26H/t19-,20-,25-,26-/m1/s1. The van der Waals surface area contributed by atoms with Crippen LogP contribution in [-0.4, -0.2) is 11.8 Å². The van der Waals surface area contributed by atoms with Crippen molar-refractivity contribution in [3.05, 3.63) is 119 Å².